The molecule has 1 aromatic carbocycles. The molecule has 2 heteroatoms. The highest BCUT2D eigenvalue weighted by Crippen LogP contribution is 2.29. The maximum Gasteiger partial charge on any atom is 0.123 e. The topological polar surface area (TPSA) is 21.3 Å². The first-order valence-corrected chi connectivity index (χ1v) is 7.46. The second kappa shape index (κ2) is 5.79. The minimum atomic E-state index is 0.314. The maximum absolute atomic E-state index is 5.96. The molecule has 0 fully saturated rings. The van der Waals surface area contributed by atoms with E-state index >= 15 is 0 Å². The van der Waals surface area contributed by atoms with Crippen LogP contribution in [0.4, 0.5) is 0 Å². The first kappa shape index (κ1) is 12.7. The van der Waals surface area contributed by atoms with Gasteiger partial charge < -0.3 is 10.1 Å². The predicted molar refractivity (Wildman–Crippen MR) is 78.7 cm³/mol. The van der Waals surface area contributed by atoms with E-state index in [2.05, 4.69) is 36.5 Å². The quantitative estimate of drug-likeness (QED) is 0.645. The number of nitrogens with one attached hydrogen (secondary N) is 1. The van der Waals surface area contributed by atoms with Crippen molar-refractivity contribution in [1.82, 2.24) is 5.32 Å². The van der Waals surface area contributed by atoms with Crippen LogP contribution in [0.1, 0.15) is 36.8 Å². The van der Waals surface area contributed by atoms with Crippen LogP contribution < -0.4 is 10.1 Å². The summed E-state index contributed by atoms with van der Waals surface area (Å²) in [5.74, 6) is 1.08. The van der Waals surface area contributed by atoms with Gasteiger partial charge in [-0.05, 0) is 50.8 Å². The molecule has 19 heavy (non-hydrogen) atoms. The molecule has 2 aliphatic rings. The Morgan fingerprint density at radius 2 is 2.32 bits per heavy atom. The zero-order chi connectivity index (χ0) is 13.1. The summed E-state index contributed by atoms with van der Waals surface area (Å²) in [6.45, 7) is 4.18. The minimum Gasteiger partial charge on any atom is -0.488 e. The number of ether oxygens (including phenoxy) is 1. The van der Waals surface area contributed by atoms with Crippen molar-refractivity contribution in [1.29, 1.82) is 0 Å². The Bertz CT molecular complexity index is 478. The molecule has 0 saturated heterocycles. The van der Waals surface area contributed by atoms with Crippen molar-refractivity contribution in [2.45, 2.75) is 45.1 Å². The Balaban J connectivity index is 1.41. The predicted octanol–water partition coefficient (Wildman–Crippen LogP) is 3.39. The van der Waals surface area contributed by atoms with Crippen LogP contribution in [-0.4, -0.2) is 19.2 Å². The number of fused-ring (bicyclic) bond motifs is 1. The Labute approximate surface area is 115 Å². The van der Waals surface area contributed by atoms with E-state index in [1.54, 1.807) is 5.57 Å². The molecule has 1 aliphatic carbocycles. The monoisotopic (exact) mass is 257 g/mol. The second-order valence-electron chi connectivity index (χ2n) is 5.76. The van der Waals surface area contributed by atoms with Gasteiger partial charge in [-0.3, -0.25) is 0 Å². The van der Waals surface area contributed by atoms with Crippen LogP contribution in [-0.2, 0) is 6.42 Å². The summed E-state index contributed by atoms with van der Waals surface area (Å²) >= 11 is 0. The number of allylic oxidation sites excluding steroid dienone is 1. The number of hydrogen-bond acceptors (Lipinski definition) is 2. The molecular formula is C17H23NO. The fraction of sp³-hybridized carbons (Fsp3) is 0.529. The molecule has 1 atom stereocenters. The van der Waals surface area contributed by atoms with Gasteiger partial charge in [0.25, 0.3) is 0 Å². The zero-order valence-corrected chi connectivity index (χ0v) is 11.7. The van der Waals surface area contributed by atoms with Gasteiger partial charge in [-0.1, -0.05) is 29.3 Å². The minimum absolute atomic E-state index is 0.314. The third-order valence-electron chi connectivity index (χ3n) is 4.09. The van der Waals surface area contributed by atoms with Gasteiger partial charge in [-0.2, -0.15) is 0 Å². The third kappa shape index (κ3) is 3.19. The zero-order valence-electron chi connectivity index (χ0n) is 11.7. The smallest absolute Gasteiger partial charge is 0.123 e. The standard InChI is InChI=1S/C17H23NO/c1-13-6-7-17-15(10-13)11-16(19-17)12-18-9-8-14-4-2-3-5-14/h4,6-7,10,16,18H,2-3,5,8-9,11-12H2,1H3. The molecule has 0 amide bonds. The fourth-order valence-electron chi connectivity index (χ4n) is 3.04. The van der Waals surface area contributed by atoms with Gasteiger partial charge in [0, 0.05) is 13.0 Å². The molecule has 102 valence electrons. The largest absolute Gasteiger partial charge is 0.488 e. The van der Waals surface area contributed by atoms with Crippen LogP contribution in [0, 0.1) is 6.92 Å². The van der Waals surface area contributed by atoms with Crippen molar-refractivity contribution < 1.29 is 4.74 Å². The summed E-state index contributed by atoms with van der Waals surface area (Å²) in [4.78, 5) is 0. The summed E-state index contributed by atoms with van der Waals surface area (Å²) in [5.41, 5.74) is 4.33. The fourth-order valence-corrected chi connectivity index (χ4v) is 3.04. The lowest BCUT2D eigenvalue weighted by molar-refractivity contribution is 0.228. The van der Waals surface area contributed by atoms with E-state index in [0.29, 0.717) is 6.10 Å². The van der Waals surface area contributed by atoms with Crippen molar-refractivity contribution in [2.75, 3.05) is 13.1 Å². The lowest BCUT2D eigenvalue weighted by atomic mass is 10.1. The highest BCUT2D eigenvalue weighted by molar-refractivity contribution is 5.40. The number of hydrogen-bond donors (Lipinski definition) is 1. The van der Waals surface area contributed by atoms with Gasteiger partial charge in [-0.25, -0.2) is 0 Å². The van der Waals surface area contributed by atoms with Gasteiger partial charge in [0.05, 0.1) is 0 Å². The van der Waals surface area contributed by atoms with Gasteiger partial charge in [0.15, 0.2) is 0 Å². The lowest BCUT2D eigenvalue weighted by Crippen LogP contribution is -2.30. The molecule has 1 aromatic rings. The van der Waals surface area contributed by atoms with E-state index in [4.69, 9.17) is 4.74 Å². The van der Waals surface area contributed by atoms with E-state index in [1.807, 2.05) is 0 Å². The summed E-state index contributed by atoms with van der Waals surface area (Å²) in [7, 11) is 0. The number of rotatable bonds is 5. The lowest BCUT2D eigenvalue weighted by Gasteiger charge is -2.12. The normalized spacial score (nSPS) is 21.1. The Kier molecular flexibility index (Phi) is 3.88. The van der Waals surface area contributed by atoms with Gasteiger partial charge in [0.1, 0.15) is 11.9 Å². The molecule has 0 saturated carbocycles. The molecule has 1 aliphatic heterocycles. The van der Waals surface area contributed by atoms with E-state index in [1.165, 1.54) is 36.8 Å². The van der Waals surface area contributed by atoms with Crippen molar-refractivity contribution in [3.8, 4) is 5.75 Å². The van der Waals surface area contributed by atoms with E-state index in [0.717, 1.165) is 25.3 Å². The van der Waals surface area contributed by atoms with Crippen LogP contribution in [0.5, 0.6) is 5.75 Å². The average Bonchev–Trinajstić information content (AvgIpc) is 3.02. The van der Waals surface area contributed by atoms with Gasteiger partial charge in [0.2, 0.25) is 0 Å². The molecule has 1 N–H and O–H groups in total. The molecule has 0 aromatic heterocycles. The molecular weight excluding hydrogens is 234 g/mol. The van der Waals surface area contributed by atoms with Crippen molar-refractivity contribution in [3.63, 3.8) is 0 Å². The molecule has 1 unspecified atom stereocenters. The highest BCUT2D eigenvalue weighted by atomic mass is 16.5. The van der Waals surface area contributed by atoms with Gasteiger partial charge >= 0.3 is 0 Å². The summed E-state index contributed by atoms with van der Waals surface area (Å²) in [5, 5.41) is 3.54. The maximum atomic E-state index is 5.96. The average molecular weight is 257 g/mol. The van der Waals surface area contributed by atoms with Crippen molar-refractivity contribution in [2.24, 2.45) is 0 Å². The van der Waals surface area contributed by atoms with Crippen LogP contribution in [0.25, 0.3) is 0 Å². The molecule has 0 bridgehead atoms. The second-order valence-corrected chi connectivity index (χ2v) is 5.76. The Morgan fingerprint density at radius 3 is 3.16 bits per heavy atom. The first-order valence-electron chi connectivity index (χ1n) is 7.46. The molecule has 0 spiro atoms. The van der Waals surface area contributed by atoms with Gasteiger partial charge in [-0.15, -0.1) is 0 Å². The van der Waals surface area contributed by atoms with E-state index in [-0.39, 0.29) is 0 Å². The van der Waals surface area contributed by atoms with Crippen LogP contribution >= 0.6 is 0 Å². The van der Waals surface area contributed by atoms with Crippen molar-refractivity contribution in [3.05, 3.63) is 41.0 Å². The van der Waals surface area contributed by atoms with Crippen LogP contribution in [0.3, 0.4) is 0 Å². The molecule has 3 rings (SSSR count). The summed E-state index contributed by atoms with van der Waals surface area (Å²) in [6, 6.07) is 6.48. The van der Waals surface area contributed by atoms with E-state index in [9.17, 15) is 0 Å². The Hall–Kier alpha value is -1.28. The molecule has 2 nitrogen and oxygen atoms in total. The summed E-state index contributed by atoms with van der Waals surface area (Å²) < 4.78 is 5.96. The molecule has 1 heterocycles. The van der Waals surface area contributed by atoms with Crippen molar-refractivity contribution >= 4 is 0 Å². The molecule has 0 radical (unpaired) electrons. The number of aryl methyl sites for hydroxylation is 1. The van der Waals surface area contributed by atoms with E-state index < -0.39 is 0 Å². The Morgan fingerprint density at radius 1 is 1.37 bits per heavy atom. The summed E-state index contributed by atoms with van der Waals surface area (Å²) in [6.07, 6.45) is 8.93. The number of benzene rings is 1. The first-order chi connectivity index (χ1) is 9.31. The third-order valence-corrected chi connectivity index (χ3v) is 4.09. The SMILES string of the molecule is Cc1ccc2c(c1)CC(CNCCC1=CCCC1)O2. The van der Waals surface area contributed by atoms with Crippen LogP contribution in [0.2, 0.25) is 0 Å². The van der Waals surface area contributed by atoms with Crippen LogP contribution in [0.15, 0.2) is 29.8 Å². The highest BCUT2D eigenvalue weighted by Gasteiger charge is 2.22.